The number of carbonyl (C=O) groups excluding carboxylic acids is 1. The molecule has 1 atom stereocenters. The van der Waals surface area contributed by atoms with Gasteiger partial charge in [-0.3, -0.25) is 4.79 Å². The van der Waals surface area contributed by atoms with Gasteiger partial charge < -0.3 is 15.4 Å². The fourth-order valence-electron chi connectivity index (χ4n) is 2.10. The Morgan fingerprint density at radius 2 is 2.39 bits per heavy atom. The molecule has 1 aliphatic heterocycles. The van der Waals surface area contributed by atoms with Gasteiger partial charge in [-0.05, 0) is 38.1 Å². The van der Waals surface area contributed by atoms with Gasteiger partial charge in [-0.2, -0.15) is 0 Å². The predicted octanol–water partition coefficient (Wildman–Crippen LogP) is 1.89. The van der Waals surface area contributed by atoms with Crippen molar-refractivity contribution in [2.45, 2.75) is 18.9 Å². The average Bonchev–Trinajstić information content (AvgIpc) is 2.52. The first-order valence-electron chi connectivity index (χ1n) is 6.07. The van der Waals surface area contributed by atoms with E-state index in [0.29, 0.717) is 18.2 Å². The molecule has 0 radical (unpaired) electrons. The van der Waals surface area contributed by atoms with E-state index in [-0.39, 0.29) is 11.9 Å². The number of rotatable bonds is 3. The summed E-state index contributed by atoms with van der Waals surface area (Å²) in [7, 11) is 1.75. The van der Waals surface area contributed by atoms with Crippen molar-refractivity contribution in [1.82, 2.24) is 10.6 Å². The Balaban J connectivity index is 2.20. The van der Waals surface area contributed by atoms with Crippen molar-refractivity contribution >= 4 is 17.5 Å². The van der Waals surface area contributed by atoms with Crippen LogP contribution in [0.15, 0.2) is 18.2 Å². The monoisotopic (exact) mass is 268 g/mol. The Labute approximate surface area is 112 Å². The molecule has 0 aliphatic carbocycles. The van der Waals surface area contributed by atoms with Crippen molar-refractivity contribution in [2.75, 3.05) is 20.2 Å². The summed E-state index contributed by atoms with van der Waals surface area (Å²) in [6.07, 6.45) is 1.78. The molecular formula is C13H17ClN2O2. The number of likely N-dealkylation sites (N-methyl/N-ethyl adjacent to an activating group) is 1. The molecule has 0 bridgehead atoms. The van der Waals surface area contributed by atoms with Gasteiger partial charge in [-0.15, -0.1) is 0 Å². The molecular weight excluding hydrogens is 252 g/mol. The molecule has 0 spiro atoms. The molecule has 1 aromatic rings. The minimum atomic E-state index is -0.0259. The fraction of sp³-hybridized carbons (Fsp3) is 0.462. The molecule has 0 saturated heterocycles. The molecule has 0 saturated carbocycles. The summed E-state index contributed by atoms with van der Waals surface area (Å²) >= 11 is 6.01. The van der Waals surface area contributed by atoms with Gasteiger partial charge in [-0.25, -0.2) is 0 Å². The van der Waals surface area contributed by atoms with Crippen molar-refractivity contribution in [3.8, 4) is 5.75 Å². The number of hydrogen-bond acceptors (Lipinski definition) is 3. The maximum atomic E-state index is 11.7. The highest BCUT2D eigenvalue weighted by molar-refractivity contribution is 6.30. The molecule has 2 N–H and O–H groups in total. The van der Waals surface area contributed by atoms with E-state index in [4.69, 9.17) is 16.3 Å². The molecule has 98 valence electrons. The zero-order valence-electron chi connectivity index (χ0n) is 10.3. The SMILES string of the molecule is CNCC(=O)NC1CCCOc2ccc(Cl)cc21. The van der Waals surface area contributed by atoms with Crippen LogP contribution in [0.5, 0.6) is 5.75 Å². The van der Waals surface area contributed by atoms with E-state index < -0.39 is 0 Å². The lowest BCUT2D eigenvalue weighted by Crippen LogP contribution is -2.34. The first kappa shape index (κ1) is 13.2. The van der Waals surface area contributed by atoms with Crippen LogP contribution in [-0.2, 0) is 4.79 Å². The lowest BCUT2D eigenvalue weighted by Gasteiger charge is -2.18. The fourth-order valence-corrected chi connectivity index (χ4v) is 2.28. The van der Waals surface area contributed by atoms with Gasteiger partial charge in [0.1, 0.15) is 5.75 Å². The highest BCUT2D eigenvalue weighted by Gasteiger charge is 2.21. The summed E-state index contributed by atoms with van der Waals surface area (Å²) in [6.45, 7) is 0.986. The summed E-state index contributed by atoms with van der Waals surface area (Å²) in [6, 6.07) is 5.51. The quantitative estimate of drug-likeness (QED) is 0.880. The number of amides is 1. The van der Waals surface area contributed by atoms with Gasteiger partial charge in [0.2, 0.25) is 5.91 Å². The van der Waals surface area contributed by atoms with E-state index in [2.05, 4.69) is 10.6 Å². The topological polar surface area (TPSA) is 50.4 Å². The smallest absolute Gasteiger partial charge is 0.234 e. The number of ether oxygens (including phenoxy) is 1. The van der Waals surface area contributed by atoms with Crippen LogP contribution in [-0.4, -0.2) is 26.1 Å². The Hall–Kier alpha value is -1.26. The van der Waals surface area contributed by atoms with Crippen LogP contribution in [0.3, 0.4) is 0 Å². The minimum Gasteiger partial charge on any atom is -0.493 e. The molecule has 0 aromatic heterocycles. The minimum absolute atomic E-state index is 0.0182. The first-order chi connectivity index (χ1) is 8.70. The summed E-state index contributed by atoms with van der Waals surface area (Å²) in [5.41, 5.74) is 0.962. The van der Waals surface area contributed by atoms with E-state index >= 15 is 0 Å². The predicted molar refractivity (Wildman–Crippen MR) is 71.0 cm³/mol. The summed E-state index contributed by atoms with van der Waals surface area (Å²) in [5.74, 6) is 0.794. The Kier molecular flexibility index (Phi) is 4.44. The van der Waals surface area contributed by atoms with Crippen LogP contribution in [0, 0.1) is 0 Å². The number of fused-ring (bicyclic) bond motifs is 1. The molecule has 18 heavy (non-hydrogen) atoms. The van der Waals surface area contributed by atoms with Gasteiger partial charge in [0.25, 0.3) is 0 Å². The van der Waals surface area contributed by atoms with Crippen molar-refractivity contribution in [3.05, 3.63) is 28.8 Å². The van der Waals surface area contributed by atoms with Crippen molar-refractivity contribution in [1.29, 1.82) is 0 Å². The second kappa shape index (κ2) is 6.07. The van der Waals surface area contributed by atoms with Crippen LogP contribution in [0.2, 0.25) is 5.02 Å². The second-order valence-electron chi connectivity index (χ2n) is 4.32. The lowest BCUT2D eigenvalue weighted by atomic mass is 10.0. The van der Waals surface area contributed by atoms with Gasteiger partial charge in [-0.1, -0.05) is 11.6 Å². The van der Waals surface area contributed by atoms with Gasteiger partial charge in [0.15, 0.2) is 0 Å². The Morgan fingerprint density at radius 3 is 3.17 bits per heavy atom. The van der Waals surface area contributed by atoms with Gasteiger partial charge in [0, 0.05) is 10.6 Å². The van der Waals surface area contributed by atoms with E-state index in [1.165, 1.54) is 0 Å². The van der Waals surface area contributed by atoms with E-state index in [1.54, 1.807) is 13.1 Å². The van der Waals surface area contributed by atoms with Crippen molar-refractivity contribution < 1.29 is 9.53 Å². The molecule has 1 amide bonds. The maximum absolute atomic E-state index is 11.7. The van der Waals surface area contributed by atoms with Crippen molar-refractivity contribution in [2.24, 2.45) is 0 Å². The number of halogens is 1. The Bertz CT molecular complexity index is 437. The summed E-state index contributed by atoms with van der Waals surface area (Å²) < 4.78 is 5.65. The first-order valence-corrected chi connectivity index (χ1v) is 6.44. The molecule has 0 fully saturated rings. The van der Waals surface area contributed by atoms with E-state index in [0.717, 1.165) is 24.2 Å². The molecule has 1 aromatic carbocycles. The third-order valence-corrected chi connectivity index (χ3v) is 3.15. The zero-order chi connectivity index (χ0) is 13.0. The number of hydrogen-bond donors (Lipinski definition) is 2. The molecule has 2 rings (SSSR count). The van der Waals surface area contributed by atoms with Crippen LogP contribution in [0.1, 0.15) is 24.4 Å². The standard InChI is InChI=1S/C13H17ClN2O2/c1-15-8-13(17)16-11-3-2-6-18-12-5-4-9(14)7-10(11)12/h4-5,7,11,15H,2-3,6,8H2,1H3,(H,16,17). The van der Waals surface area contributed by atoms with Crippen LogP contribution in [0.25, 0.3) is 0 Å². The van der Waals surface area contributed by atoms with Gasteiger partial charge in [0.05, 0.1) is 19.2 Å². The van der Waals surface area contributed by atoms with Crippen molar-refractivity contribution in [3.63, 3.8) is 0 Å². The van der Waals surface area contributed by atoms with Gasteiger partial charge >= 0.3 is 0 Å². The number of benzene rings is 1. The highest BCUT2D eigenvalue weighted by atomic mass is 35.5. The second-order valence-corrected chi connectivity index (χ2v) is 4.76. The molecule has 4 nitrogen and oxygen atoms in total. The van der Waals surface area contributed by atoms with Crippen LogP contribution < -0.4 is 15.4 Å². The molecule has 1 heterocycles. The third-order valence-electron chi connectivity index (χ3n) is 2.91. The van der Waals surface area contributed by atoms with E-state index in [9.17, 15) is 4.79 Å². The molecule has 1 unspecified atom stereocenters. The Morgan fingerprint density at radius 1 is 1.56 bits per heavy atom. The summed E-state index contributed by atoms with van der Waals surface area (Å²) in [5, 5.41) is 6.50. The third kappa shape index (κ3) is 3.15. The van der Waals surface area contributed by atoms with Crippen LogP contribution >= 0.6 is 11.6 Å². The van der Waals surface area contributed by atoms with E-state index in [1.807, 2.05) is 12.1 Å². The largest absolute Gasteiger partial charge is 0.493 e. The highest BCUT2D eigenvalue weighted by Crippen LogP contribution is 2.33. The summed E-state index contributed by atoms with van der Waals surface area (Å²) in [4.78, 5) is 11.7. The average molecular weight is 269 g/mol. The zero-order valence-corrected chi connectivity index (χ0v) is 11.1. The molecule has 1 aliphatic rings. The normalized spacial score (nSPS) is 18.4. The van der Waals surface area contributed by atoms with Crippen LogP contribution in [0.4, 0.5) is 0 Å². The maximum Gasteiger partial charge on any atom is 0.234 e. The molecule has 5 heteroatoms. The number of nitrogens with one attached hydrogen (secondary N) is 2. The number of carbonyl (C=O) groups is 1. The lowest BCUT2D eigenvalue weighted by molar-refractivity contribution is -0.120.